The van der Waals surface area contributed by atoms with Gasteiger partial charge in [-0.2, -0.15) is 5.10 Å². The summed E-state index contributed by atoms with van der Waals surface area (Å²) in [5.74, 6) is -0.637. The van der Waals surface area contributed by atoms with E-state index in [1.54, 1.807) is 48.5 Å². The smallest absolute Gasteiger partial charge is 0.267 e. The Morgan fingerprint density at radius 2 is 1.71 bits per heavy atom. The van der Waals surface area contributed by atoms with Crippen LogP contribution >= 0.6 is 11.6 Å². The second-order valence-corrected chi connectivity index (χ2v) is 6.41. The Morgan fingerprint density at radius 1 is 1.00 bits per heavy atom. The van der Waals surface area contributed by atoms with Gasteiger partial charge in [0.1, 0.15) is 6.54 Å². The Labute approximate surface area is 166 Å². The molecule has 1 aromatic heterocycles. The third kappa shape index (κ3) is 4.83. The summed E-state index contributed by atoms with van der Waals surface area (Å²) in [5.41, 5.74) is 1.80. The summed E-state index contributed by atoms with van der Waals surface area (Å²) in [6.45, 7) is 1.14. The summed E-state index contributed by atoms with van der Waals surface area (Å²) in [7, 11) is 0. The highest BCUT2D eigenvalue weighted by molar-refractivity contribution is 6.33. The number of rotatable bonds is 5. The largest absolute Gasteiger partial charge is 0.326 e. The molecule has 3 rings (SSSR count). The molecule has 0 saturated carbocycles. The number of hydrogen-bond acceptors (Lipinski definition) is 4. The van der Waals surface area contributed by atoms with Crippen LogP contribution < -0.4 is 16.2 Å². The zero-order valence-electron chi connectivity index (χ0n) is 15.0. The van der Waals surface area contributed by atoms with E-state index in [4.69, 9.17) is 11.6 Å². The number of nitrogens with one attached hydrogen (secondary N) is 2. The molecule has 0 aliphatic rings. The van der Waals surface area contributed by atoms with E-state index in [9.17, 15) is 14.4 Å². The minimum absolute atomic E-state index is 0.212. The average molecular weight is 397 g/mol. The Bertz CT molecular complexity index is 1090. The van der Waals surface area contributed by atoms with Crippen molar-refractivity contribution >= 4 is 34.8 Å². The van der Waals surface area contributed by atoms with E-state index in [0.717, 1.165) is 4.68 Å². The maximum Gasteiger partial charge on any atom is 0.267 e. The fourth-order valence-corrected chi connectivity index (χ4v) is 2.82. The quantitative estimate of drug-likeness (QED) is 0.692. The Balaban J connectivity index is 1.77. The van der Waals surface area contributed by atoms with E-state index < -0.39 is 11.5 Å². The molecule has 0 atom stereocenters. The summed E-state index contributed by atoms with van der Waals surface area (Å²) in [4.78, 5) is 35.6. The second kappa shape index (κ2) is 8.49. The maximum atomic E-state index is 12.4. The van der Waals surface area contributed by atoms with Gasteiger partial charge in [-0.15, -0.1) is 0 Å². The van der Waals surface area contributed by atoms with E-state index in [2.05, 4.69) is 15.7 Å². The number of aromatic nitrogens is 2. The predicted octanol–water partition coefficient (Wildman–Crippen LogP) is 3.16. The first-order chi connectivity index (χ1) is 13.4. The van der Waals surface area contributed by atoms with Gasteiger partial charge in [0.05, 0.1) is 10.7 Å². The highest BCUT2D eigenvalue weighted by Crippen LogP contribution is 2.24. The van der Waals surface area contributed by atoms with Crippen LogP contribution in [-0.4, -0.2) is 21.6 Å². The number of halogens is 1. The molecule has 1 heterocycles. The van der Waals surface area contributed by atoms with Crippen LogP contribution in [0.3, 0.4) is 0 Å². The lowest BCUT2D eigenvalue weighted by Crippen LogP contribution is -2.29. The first kappa shape index (κ1) is 19.3. The van der Waals surface area contributed by atoms with Crippen molar-refractivity contribution in [1.82, 2.24) is 9.78 Å². The van der Waals surface area contributed by atoms with Crippen molar-refractivity contribution in [1.29, 1.82) is 0 Å². The number of anilines is 2. The van der Waals surface area contributed by atoms with Crippen molar-refractivity contribution in [2.45, 2.75) is 13.5 Å². The standard InChI is InChI=1S/C20H17ClN4O3/c1-13(26)22-14-5-4-6-15(11-14)23-19(27)12-25-20(28)10-9-18(24-25)16-7-2-3-8-17(16)21/h2-11H,12H2,1H3,(H,22,26)(H,23,27). The summed E-state index contributed by atoms with van der Waals surface area (Å²) in [5, 5.41) is 10.1. The van der Waals surface area contributed by atoms with Crippen LogP contribution in [0.25, 0.3) is 11.3 Å². The third-order valence-electron chi connectivity index (χ3n) is 3.78. The van der Waals surface area contributed by atoms with Gasteiger partial charge in [-0.05, 0) is 30.3 Å². The van der Waals surface area contributed by atoms with Crippen molar-refractivity contribution in [2.75, 3.05) is 10.6 Å². The second-order valence-electron chi connectivity index (χ2n) is 6.00. The molecule has 0 spiro atoms. The molecule has 0 aliphatic heterocycles. The first-order valence-electron chi connectivity index (χ1n) is 8.43. The molecule has 0 radical (unpaired) electrons. The van der Waals surface area contributed by atoms with Crippen LogP contribution in [0.4, 0.5) is 11.4 Å². The Morgan fingerprint density at radius 3 is 2.43 bits per heavy atom. The minimum atomic E-state index is -0.425. The maximum absolute atomic E-state index is 12.4. The lowest BCUT2D eigenvalue weighted by molar-refractivity contribution is -0.117. The van der Waals surface area contributed by atoms with Crippen LogP contribution in [0.5, 0.6) is 0 Å². The Hall–Kier alpha value is -3.45. The van der Waals surface area contributed by atoms with Gasteiger partial charge in [0.15, 0.2) is 0 Å². The van der Waals surface area contributed by atoms with Crippen molar-refractivity contribution in [3.8, 4) is 11.3 Å². The molecule has 3 aromatic rings. The van der Waals surface area contributed by atoms with E-state index in [0.29, 0.717) is 27.7 Å². The molecule has 28 heavy (non-hydrogen) atoms. The number of amides is 2. The van der Waals surface area contributed by atoms with Crippen molar-refractivity contribution in [2.24, 2.45) is 0 Å². The zero-order chi connectivity index (χ0) is 20.1. The number of carbonyl (C=O) groups excluding carboxylic acids is 2. The van der Waals surface area contributed by atoms with Gasteiger partial charge in [-0.3, -0.25) is 14.4 Å². The normalized spacial score (nSPS) is 10.4. The van der Waals surface area contributed by atoms with E-state index in [-0.39, 0.29) is 12.5 Å². The van der Waals surface area contributed by atoms with Crippen LogP contribution in [0.15, 0.2) is 65.5 Å². The summed E-state index contributed by atoms with van der Waals surface area (Å²) in [6.07, 6.45) is 0. The highest BCUT2D eigenvalue weighted by Gasteiger charge is 2.10. The molecule has 2 aromatic carbocycles. The number of nitrogens with zero attached hydrogens (tertiary/aromatic N) is 2. The molecule has 7 nitrogen and oxygen atoms in total. The van der Waals surface area contributed by atoms with Crippen LogP contribution in [0.1, 0.15) is 6.92 Å². The van der Waals surface area contributed by atoms with Crippen molar-refractivity contribution in [3.05, 3.63) is 76.0 Å². The van der Waals surface area contributed by atoms with Crippen LogP contribution in [-0.2, 0) is 16.1 Å². The molecular formula is C20H17ClN4O3. The summed E-state index contributed by atoms with van der Waals surface area (Å²) in [6, 6.07) is 16.7. The molecular weight excluding hydrogens is 380 g/mol. The van der Waals surface area contributed by atoms with Crippen molar-refractivity contribution < 1.29 is 9.59 Å². The molecule has 0 fully saturated rings. The fraction of sp³-hybridized carbons (Fsp3) is 0.100. The molecule has 0 saturated heterocycles. The van der Waals surface area contributed by atoms with Crippen LogP contribution in [0.2, 0.25) is 5.02 Å². The molecule has 2 N–H and O–H groups in total. The van der Waals surface area contributed by atoms with Gasteiger partial charge < -0.3 is 10.6 Å². The van der Waals surface area contributed by atoms with Gasteiger partial charge in [-0.25, -0.2) is 4.68 Å². The SMILES string of the molecule is CC(=O)Nc1cccc(NC(=O)Cn2nc(-c3ccccc3Cl)ccc2=O)c1. The van der Waals surface area contributed by atoms with E-state index >= 15 is 0 Å². The third-order valence-corrected chi connectivity index (χ3v) is 4.11. The van der Waals surface area contributed by atoms with Gasteiger partial charge in [0, 0.05) is 29.9 Å². The predicted molar refractivity (Wildman–Crippen MR) is 108 cm³/mol. The minimum Gasteiger partial charge on any atom is -0.326 e. The molecule has 0 aliphatic carbocycles. The van der Waals surface area contributed by atoms with Crippen LogP contribution in [0, 0.1) is 0 Å². The number of benzene rings is 2. The highest BCUT2D eigenvalue weighted by atomic mass is 35.5. The molecule has 0 unspecified atom stereocenters. The molecule has 2 amide bonds. The number of carbonyl (C=O) groups is 2. The van der Waals surface area contributed by atoms with Gasteiger partial charge in [-0.1, -0.05) is 35.9 Å². The first-order valence-corrected chi connectivity index (χ1v) is 8.81. The zero-order valence-corrected chi connectivity index (χ0v) is 15.7. The van der Waals surface area contributed by atoms with Gasteiger partial charge in [0.25, 0.3) is 5.56 Å². The topological polar surface area (TPSA) is 93.1 Å². The molecule has 8 heteroatoms. The summed E-state index contributed by atoms with van der Waals surface area (Å²) < 4.78 is 1.08. The van der Waals surface area contributed by atoms with E-state index in [1.165, 1.54) is 13.0 Å². The lowest BCUT2D eigenvalue weighted by Gasteiger charge is -2.10. The van der Waals surface area contributed by atoms with E-state index in [1.807, 2.05) is 6.07 Å². The average Bonchev–Trinajstić information content (AvgIpc) is 2.64. The Kier molecular flexibility index (Phi) is 5.86. The lowest BCUT2D eigenvalue weighted by atomic mass is 10.1. The van der Waals surface area contributed by atoms with Gasteiger partial charge >= 0.3 is 0 Å². The van der Waals surface area contributed by atoms with Gasteiger partial charge in [0.2, 0.25) is 11.8 Å². The molecule has 0 bridgehead atoms. The molecule has 142 valence electrons. The fourth-order valence-electron chi connectivity index (χ4n) is 2.59. The number of hydrogen-bond donors (Lipinski definition) is 2. The monoisotopic (exact) mass is 396 g/mol. The summed E-state index contributed by atoms with van der Waals surface area (Å²) >= 11 is 6.18. The van der Waals surface area contributed by atoms with Crippen molar-refractivity contribution in [3.63, 3.8) is 0 Å².